The van der Waals surface area contributed by atoms with E-state index >= 15 is 0 Å². The first-order chi connectivity index (χ1) is 7.15. The number of primary amides is 1. The number of carbonyl (C=O) groups is 1. The van der Waals surface area contributed by atoms with Gasteiger partial charge in [0.2, 0.25) is 5.91 Å². The van der Waals surface area contributed by atoms with Gasteiger partial charge in [0.15, 0.2) is 0 Å². The summed E-state index contributed by atoms with van der Waals surface area (Å²) in [7, 11) is 0. The summed E-state index contributed by atoms with van der Waals surface area (Å²) in [6, 6.07) is 0. The third kappa shape index (κ3) is 3.80. The number of unbranched alkanes of at least 4 members (excludes halogenated alkanes) is 2. The van der Waals surface area contributed by atoms with Gasteiger partial charge in [0.1, 0.15) is 6.10 Å². The van der Waals surface area contributed by atoms with Crippen molar-refractivity contribution in [3.63, 3.8) is 0 Å². The molecule has 1 aliphatic rings. The topological polar surface area (TPSA) is 72.5 Å². The second-order valence-electron chi connectivity index (χ2n) is 4.21. The van der Waals surface area contributed by atoms with Gasteiger partial charge in [-0.1, -0.05) is 26.2 Å². The summed E-state index contributed by atoms with van der Waals surface area (Å²) < 4.78 is 5.39. The smallest absolute Gasteiger partial charge is 0.246 e. The second kappa shape index (κ2) is 6.08. The molecule has 3 atom stereocenters. The number of carbonyl (C=O) groups excluding carboxylic acids is 1. The van der Waals surface area contributed by atoms with Gasteiger partial charge in [-0.2, -0.15) is 0 Å². The van der Waals surface area contributed by atoms with Crippen LogP contribution in [0.3, 0.4) is 0 Å². The summed E-state index contributed by atoms with van der Waals surface area (Å²) >= 11 is 0. The van der Waals surface area contributed by atoms with Crippen LogP contribution < -0.4 is 5.73 Å². The lowest BCUT2D eigenvalue weighted by atomic mass is 10.0. The SMILES string of the molecule is CCCCCC(O)C1CCC(C(N)=O)O1. The van der Waals surface area contributed by atoms with E-state index in [1.165, 1.54) is 0 Å². The third-order valence-corrected chi connectivity index (χ3v) is 2.90. The van der Waals surface area contributed by atoms with Gasteiger partial charge in [0, 0.05) is 0 Å². The second-order valence-corrected chi connectivity index (χ2v) is 4.21. The van der Waals surface area contributed by atoms with Gasteiger partial charge in [0.05, 0.1) is 12.2 Å². The van der Waals surface area contributed by atoms with Crippen molar-refractivity contribution in [3.05, 3.63) is 0 Å². The van der Waals surface area contributed by atoms with E-state index in [0.717, 1.165) is 32.1 Å². The average Bonchev–Trinajstić information content (AvgIpc) is 2.66. The average molecular weight is 215 g/mol. The van der Waals surface area contributed by atoms with Crippen LogP contribution in [0.15, 0.2) is 0 Å². The molecule has 0 spiro atoms. The molecule has 0 aromatic rings. The molecule has 3 unspecified atom stereocenters. The summed E-state index contributed by atoms with van der Waals surface area (Å²) in [5.41, 5.74) is 5.14. The fraction of sp³-hybridized carbons (Fsp3) is 0.909. The van der Waals surface area contributed by atoms with Crippen LogP contribution in [-0.4, -0.2) is 29.3 Å². The van der Waals surface area contributed by atoms with Crippen molar-refractivity contribution in [3.8, 4) is 0 Å². The van der Waals surface area contributed by atoms with E-state index in [2.05, 4.69) is 6.92 Å². The number of rotatable bonds is 6. The molecule has 1 heterocycles. The van der Waals surface area contributed by atoms with Crippen LogP contribution in [0, 0.1) is 0 Å². The van der Waals surface area contributed by atoms with Crippen LogP contribution in [0.1, 0.15) is 45.4 Å². The molecule has 0 radical (unpaired) electrons. The normalized spacial score (nSPS) is 27.9. The van der Waals surface area contributed by atoms with Crippen LogP contribution in [0.25, 0.3) is 0 Å². The molecule has 4 heteroatoms. The quantitative estimate of drug-likeness (QED) is 0.648. The van der Waals surface area contributed by atoms with E-state index in [-0.39, 0.29) is 6.10 Å². The van der Waals surface area contributed by atoms with Gasteiger partial charge >= 0.3 is 0 Å². The maximum absolute atomic E-state index is 10.8. The minimum atomic E-state index is -0.490. The number of aliphatic hydroxyl groups is 1. The molecular formula is C11H21NO3. The molecule has 3 N–H and O–H groups in total. The molecule has 1 saturated heterocycles. The first kappa shape index (κ1) is 12.5. The fourth-order valence-electron chi connectivity index (χ4n) is 1.94. The highest BCUT2D eigenvalue weighted by Crippen LogP contribution is 2.24. The van der Waals surface area contributed by atoms with Crippen molar-refractivity contribution in [2.75, 3.05) is 0 Å². The number of hydrogen-bond donors (Lipinski definition) is 2. The van der Waals surface area contributed by atoms with Crippen LogP contribution in [0.5, 0.6) is 0 Å². The Hall–Kier alpha value is -0.610. The van der Waals surface area contributed by atoms with Gasteiger partial charge in [-0.15, -0.1) is 0 Å². The first-order valence-electron chi connectivity index (χ1n) is 5.78. The summed E-state index contributed by atoms with van der Waals surface area (Å²) in [4.78, 5) is 10.8. The highest BCUT2D eigenvalue weighted by molar-refractivity contribution is 5.79. The van der Waals surface area contributed by atoms with Gasteiger partial charge < -0.3 is 15.6 Å². The van der Waals surface area contributed by atoms with E-state index in [1.54, 1.807) is 0 Å². The molecule has 0 aliphatic carbocycles. The lowest BCUT2D eigenvalue weighted by Gasteiger charge is -2.18. The Kier molecular flexibility index (Phi) is 5.05. The highest BCUT2D eigenvalue weighted by atomic mass is 16.5. The minimum absolute atomic E-state index is 0.195. The van der Waals surface area contributed by atoms with Gasteiger partial charge in [0.25, 0.3) is 0 Å². The standard InChI is InChI=1S/C11H21NO3/c1-2-3-4-5-8(13)9-6-7-10(15-9)11(12)14/h8-10,13H,2-7H2,1H3,(H2,12,14). The Morgan fingerprint density at radius 3 is 2.80 bits per heavy atom. The Labute approximate surface area is 90.8 Å². The van der Waals surface area contributed by atoms with Crippen LogP contribution >= 0.6 is 0 Å². The Bertz CT molecular complexity index is 208. The molecule has 0 aromatic heterocycles. The highest BCUT2D eigenvalue weighted by Gasteiger charge is 2.33. The first-order valence-corrected chi connectivity index (χ1v) is 5.78. The number of aliphatic hydroxyl groups excluding tert-OH is 1. The molecular weight excluding hydrogens is 194 g/mol. The van der Waals surface area contributed by atoms with Crippen molar-refractivity contribution < 1.29 is 14.6 Å². The molecule has 1 rings (SSSR count). The summed E-state index contributed by atoms with van der Waals surface area (Å²) in [5, 5.41) is 9.80. The number of ether oxygens (including phenoxy) is 1. The summed E-state index contributed by atoms with van der Waals surface area (Å²) in [6.07, 6.45) is 4.29. The maximum Gasteiger partial charge on any atom is 0.246 e. The molecule has 88 valence electrons. The van der Waals surface area contributed by atoms with E-state index in [4.69, 9.17) is 10.5 Å². The Morgan fingerprint density at radius 2 is 2.27 bits per heavy atom. The van der Waals surface area contributed by atoms with E-state index in [0.29, 0.717) is 6.42 Å². The van der Waals surface area contributed by atoms with Crippen molar-refractivity contribution in [1.29, 1.82) is 0 Å². The number of amides is 1. The molecule has 0 aromatic carbocycles. The molecule has 4 nitrogen and oxygen atoms in total. The van der Waals surface area contributed by atoms with Crippen molar-refractivity contribution >= 4 is 5.91 Å². The zero-order chi connectivity index (χ0) is 11.3. The van der Waals surface area contributed by atoms with E-state index in [1.807, 2.05) is 0 Å². The Balaban J connectivity index is 2.24. The van der Waals surface area contributed by atoms with Crippen LogP contribution in [0.4, 0.5) is 0 Å². The van der Waals surface area contributed by atoms with Gasteiger partial charge in [-0.3, -0.25) is 4.79 Å². The lowest BCUT2D eigenvalue weighted by Crippen LogP contribution is -2.32. The number of hydrogen-bond acceptors (Lipinski definition) is 3. The molecule has 1 aliphatic heterocycles. The van der Waals surface area contributed by atoms with Gasteiger partial charge in [-0.05, 0) is 19.3 Å². The fourth-order valence-corrected chi connectivity index (χ4v) is 1.94. The third-order valence-electron chi connectivity index (χ3n) is 2.90. The molecule has 1 amide bonds. The minimum Gasteiger partial charge on any atom is -0.390 e. The number of nitrogens with two attached hydrogens (primary N) is 1. The molecule has 0 bridgehead atoms. The summed E-state index contributed by atoms with van der Waals surface area (Å²) in [6.45, 7) is 2.13. The lowest BCUT2D eigenvalue weighted by molar-refractivity contribution is -0.131. The van der Waals surface area contributed by atoms with Crippen molar-refractivity contribution in [2.24, 2.45) is 5.73 Å². The van der Waals surface area contributed by atoms with E-state index < -0.39 is 18.1 Å². The summed E-state index contributed by atoms with van der Waals surface area (Å²) in [5.74, 6) is -0.418. The van der Waals surface area contributed by atoms with Crippen molar-refractivity contribution in [1.82, 2.24) is 0 Å². The van der Waals surface area contributed by atoms with Crippen molar-refractivity contribution in [2.45, 2.75) is 63.8 Å². The van der Waals surface area contributed by atoms with Crippen LogP contribution in [-0.2, 0) is 9.53 Å². The van der Waals surface area contributed by atoms with Crippen LogP contribution in [0.2, 0.25) is 0 Å². The predicted octanol–water partition coefficient (Wildman–Crippen LogP) is 0.960. The predicted molar refractivity (Wildman–Crippen MR) is 57.2 cm³/mol. The van der Waals surface area contributed by atoms with Gasteiger partial charge in [-0.25, -0.2) is 0 Å². The molecule has 15 heavy (non-hydrogen) atoms. The van der Waals surface area contributed by atoms with E-state index in [9.17, 15) is 9.90 Å². The zero-order valence-corrected chi connectivity index (χ0v) is 9.32. The molecule has 1 fully saturated rings. The zero-order valence-electron chi connectivity index (χ0n) is 9.32. The maximum atomic E-state index is 10.8. The monoisotopic (exact) mass is 215 g/mol. The Morgan fingerprint density at radius 1 is 1.53 bits per heavy atom. The largest absolute Gasteiger partial charge is 0.390 e. The molecule has 0 saturated carbocycles.